The molecule has 0 spiro atoms. The fourth-order valence-electron chi connectivity index (χ4n) is 3.72. The fraction of sp³-hybridized carbons (Fsp3) is 0.368. The first-order chi connectivity index (χ1) is 10.4. The number of nitrogens with one attached hydrogen (secondary N) is 1. The molecule has 1 aliphatic heterocycles. The molecule has 2 aliphatic rings. The maximum Gasteiger partial charge on any atom is 0.127 e. The fourth-order valence-corrected chi connectivity index (χ4v) is 3.72. The van der Waals surface area contributed by atoms with Gasteiger partial charge in [-0.1, -0.05) is 37.3 Å². The molecule has 2 aromatic rings. The van der Waals surface area contributed by atoms with Gasteiger partial charge in [-0.25, -0.2) is 0 Å². The van der Waals surface area contributed by atoms with E-state index in [1.165, 1.54) is 27.8 Å². The van der Waals surface area contributed by atoms with E-state index >= 15 is 0 Å². The lowest BCUT2D eigenvalue weighted by Crippen LogP contribution is -2.33. The van der Waals surface area contributed by atoms with Gasteiger partial charge in [0, 0.05) is 11.6 Å². The largest absolute Gasteiger partial charge is 0.493 e. The first-order valence-corrected chi connectivity index (χ1v) is 7.98. The maximum absolute atomic E-state index is 6.02. The van der Waals surface area contributed by atoms with Gasteiger partial charge in [-0.2, -0.15) is 0 Å². The van der Waals surface area contributed by atoms with E-state index in [0.29, 0.717) is 6.04 Å². The molecular weight excluding hydrogens is 258 g/mol. The average molecular weight is 279 g/mol. The minimum absolute atomic E-state index is 0.471. The third-order valence-electron chi connectivity index (χ3n) is 4.60. The van der Waals surface area contributed by atoms with Crippen molar-refractivity contribution in [3.63, 3.8) is 0 Å². The Labute approximate surface area is 126 Å². The van der Waals surface area contributed by atoms with Crippen LogP contribution in [0.4, 0.5) is 0 Å². The molecule has 21 heavy (non-hydrogen) atoms. The molecule has 0 fully saturated rings. The van der Waals surface area contributed by atoms with Crippen LogP contribution < -0.4 is 10.1 Å². The Bertz CT molecular complexity index is 677. The summed E-state index contributed by atoms with van der Waals surface area (Å²) in [6.45, 7) is 4.02. The van der Waals surface area contributed by atoms with Crippen LogP contribution in [0.5, 0.6) is 5.75 Å². The number of fused-ring (bicyclic) bond motifs is 2. The highest BCUT2D eigenvalue weighted by Gasteiger charge is 2.30. The highest BCUT2D eigenvalue weighted by atomic mass is 16.5. The molecule has 0 aromatic heterocycles. The van der Waals surface area contributed by atoms with E-state index in [-0.39, 0.29) is 0 Å². The van der Waals surface area contributed by atoms with Crippen LogP contribution in [0, 0.1) is 0 Å². The number of hydrogen-bond acceptors (Lipinski definition) is 2. The summed E-state index contributed by atoms with van der Waals surface area (Å²) >= 11 is 0. The summed E-state index contributed by atoms with van der Waals surface area (Å²) in [5.74, 6) is 1.05. The Morgan fingerprint density at radius 1 is 1.14 bits per heavy atom. The summed E-state index contributed by atoms with van der Waals surface area (Å²) in [4.78, 5) is 0. The summed E-state index contributed by atoms with van der Waals surface area (Å²) in [5.41, 5.74) is 7.11. The number of ether oxygens (including phenoxy) is 1. The molecule has 0 saturated carbocycles. The van der Waals surface area contributed by atoms with E-state index in [1.807, 2.05) is 0 Å². The molecule has 2 aromatic carbocycles. The molecule has 0 radical (unpaired) electrons. The molecule has 0 bridgehead atoms. The Hall–Kier alpha value is -1.80. The molecule has 1 heterocycles. The average Bonchev–Trinajstić information content (AvgIpc) is 2.53. The zero-order valence-corrected chi connectivity index (χ0v) is 12.5. The Morgan fingerprint density at radius 2 is 2.00 bits per heavy atom. The second-order valence-electron chi connectivity index (χ2n) is 5.98. The van der Waals surface area contributed by atoms with Crippen LogP contribution in [0.3, 0.4) is 0 Å². The molecule has 2 nitrogen and oxygen atoms in total. The molecule has 1 aliphatic carbocycles. The normalized spacial score (nSPS) is 18.8. The lowest BCUT2D eigenvalue weighted by atomic mass is 9.78. The quantitative estimate of drug-likeness (QED) is 0.920. The Morgan fingerprint density at radius 3 is 2.90 bits per heavy atom. The number of benzene rings is 2. The van der Waals surface area contributed by atoms with Crippen LogP contribution in [0.25, 0.3) is 11.1 Å². The van der Waals surface area contributed by atoms with E-state index in [4.69, 9.17) is 4.74 Å². The molecular formula is C19H21NO. The molecule has 1 atom stereocenters. The number of hydrogen-bond donors (Lipinski definition) is 1. The van der Waals surface area contributed by atoms with E-state index < -0.39 is 0 Å². The SMILES string of the molecule is CCCOc1cccc2c1-c1cccc3c1[C@@H](C2)NCC3. The first kappa shape index (κ1) is 12.9. The lowest BCUT2D eigenvalue weighted by Gasteiger charge is -2.34. The topological polar surface area (TPSA) is 21.3 Å². The van der Waals surface area contributed by atoms with Gasteiger partial charge in [0.1, 0.15) is 5.75 Å². The molecule has 0 saturated heterocycles. The monoisotopic (exact) mass is 279 g/mol. The zero-order valence-electron chi connectivity index (χ0n) is 12.5. The summed E-state index contributed by atoms with van der Waals surface area (Å²) < 4.78 is 6.02. The predicted molar refractivity (Wildman–Crippen MR) is 85.8 cm³/mol. The zero-order chi connectivity index (χ0) is 14.2. The van der Waals surface area contributed by atoms with Crippen molar-refractivity contribution in [3.05, 3.63) is 53.1 Å². The second kappa shape index (κ2) is 5.19. The van der Waals surface area contributed by atoms with Gasteiger partial charge in [0.05, 0.1) is 6.61 Å². The van der Waals surface area contributed by atoms with Gasteiger partial charge < -0.3 is 10.1 Å². The molecule has 0 amide bonds. The number of rotatable bonds is 3. The minimum atomic E-state index is 0.471. The molecule has 108 valence electrons. The van der Waals surface area contributed by atoms with Crippen molar-refractivity contribution >= 4 is 0 Å². The van der Waals surface area contributed by atoms with Crippen LogP contribution in [0.15, 0.2) is 36.4 Å². The highest BCUT2D eigenvalue weighted by molar-refractivity contribution is 5.80. The first-order valence-electron chi connectivity index (χ1n) is 7.98. The van der Waals surface area contributed by atoms with Crippen LogP contribution in [-0.2, 0) is 12.8 Å². The van der Waals surface area contributed by atoms with Crippen LogP contribution in [0.1, 0.15) is 36.1 Å². The van der Waals surface area contributed by atoms with Crippen LogP contribution >= 0.6 is 0 Å². The van der Waals surface area contributed by atoms with E-state index in [1.54, 1.807) is 0 Å². The van der Waals surface area contributed by atoms with Crippen molar-refractivity contribution in [2.75, 3.05) is 13.2 Å². The summed E-state index contributed by atoms with van der Waals surface area (Å²) in [5, 5.41) is 3.68. The van der Waals surface area contributed by atoms with Crippen molar-refractivity contribution in [2.45, 2.75) is 32.2 Å². The maximum atomic E-state index is 6.02. The van der Waals surface area contributed by atoms with Gasteiger partial charge in [0.25, 0.3) is 0 Å². The van der Waals surface area contributed by atoms with Gasteiger partial charge in [0.15, 0.2) is 0 Å². The molecule has 2 heteroatoms. The highest BCUT2D eigenvalue weighted by Crippen LogP contribution is 2.45. The van der Waals surface area contributed by atoms with Gasteiger partial charge in [-0.15, -0.1) is 0 Å². The molecule has 4 rings (SSSR count). The standard InChI is InChI=1S/C19H21NO/c1-2-11-21-17-8-4-6-14-12-16-18-13(9-10-20-16)5-3-7-15(18)19(14)17/h3-8,16,20H,2,9-12H2,1H3/t16-/m1/s1. The molecule has 1 N–H and O–H groups in total. The Kier molecular flexibility index (Phi) is 3.19. The summed E-state index contributed by atoms with van der Waals surface area (Å²) in [6, 6.07) is 13.7. The second-order valence-corrected chi connectivity index (χ2v) is 5.98. The van der Waals surface area contributed by atoms with Crippen molar-refractivity contribution in [2.24, 2.45) is 0 Å². The summed E-state index contributed by atoms with van der Waals surface area (Å²) in [7, 11) is 0. The Balaban J connectivity index is 1.90. The van der Waals surface area contributed by atoms with Crippen LogP contribution in [-0.4, -0.2) is 13.2 Å². The van der Waals surface area contributed by atoms with Gasteiger partial charge in [-0.05, 0) is 54.1 Å². The minimum Gasteiger partial charge on any atom is -0.493 e. The van der Waals surface area contributed by atoms with Crippen molar-refractivity contribution in [3.8, 4) is 16.9 Å². The smallest absolute Gasteiger partial charge is 0.127 e. The van der Waals surface area contributed by atoms with E-state index in [0.717, 1.165) is 38.2 Å². The van der Waals surface area contributed by atoms with Gasteiger partial charge in [-0.3, -0.25) is 0 Å². The van der Waals surface area contributed by atoms with E-state index in [2.05, 4.69) is 48.6 Å². The van der Waals surface area contributed by atoms with E-state index in [9.17, 15) is 0 Å². The third-order valence-corrected chi connectivity index (χ3v) is 4.60. The van der Waals surface area contributed by atoms with Crippen molar-refractivity contribution in [1.82, 2.24) is 5.32 Å². The molecule has 0 unspecified atom stereocenters. The van der Waals surface area contributed by atoms with Crippen molar-refractivity contribution < 1.29 is 4.74 Å². The van der Waals surface area contributed by atoms with Crippen molar-refractivity contribution in [1.29, 1.82) is 0 Å². The van der Waals surface area contributed by atoms with Gasteiger partial charge >= 0.3 is 0 Å². The lowest BCUT2D eigenvalue weighted by molar-refractivity contribution is 0.318. The van der Waals surface area contributed by atoms with Crippen LogP contribution in [0.2, 0.25) is 0 Å². The summed E-state index contributed by atoms with van der Waals surface area (Å²) in [6.07, 6.45) is 3.25. The van der Waals surface area contributed by atoms with Gasteiger partial charge in [0.2, 0.25) is 0 Å². The predicted octanol–water partition coefficient (Wildman–Crippen LogP) is 3.89. The third kappa shape index (κ3) is 2.06.